The van der Waals surface area contributed by atoms with E-state index in [1.165, 1.54) is 6.42 Å². The van der Waals surface area contributed by atoms with Crippen molar-refractivity contribution in [2.75, 3.05) is 12.3 Å². The van der Waals surface area contributed by atoms with Gasteiger partial charge in [0.15, 0.2) is 0 Å². The molecule has 1 N–H and O–H groups in total. The monoisotopic (exact) mass is 239 g/mol. The van der Waals surface area contributed by atoms with E-state index in [0.717, 1.165) is 24.3 Å². The van der Waals surface area contributed by atoms with Gasteiger partial charge in [-0.3, -0.25) is 4.72 Å². The smallest absolute Gasteiger partial charge is 0.359 e. The van der Waals surface area contributed by atoms with Gasteiger partial charge in [-0.05, 0) is 24.2 Å². The van der Waals surface area contributed by atoms with Gasteiger partial charge in [0.05, 0.1) is 0 Å². The van der Waals surface area contributed by atoms with Gasteiger partial charge in [0.25, 0.3) is 0 Å². The van der Waals surface area contributed by atoms with Crippen molar-refractivity contribution in [3.05, 3.63) is 35.9 Å². The molecule has 4 heteroatoms. The molecule has 1 aliphatic heterocycles. The lowest BCUT2D eigenvalue weighted by Gasteiger charge is -2.25. The Kier molecular flexibility index (Phi) is 4.25. The Morgan fingerprint density at radius 1 is 1.31 bits per heavy atom. The molecule has 1 aromatic carbocycles. The maximum atomic E-state index is 11.7. The zero-order valence-corrected chi connectivity index (χ0v) is 10.1. The first-order valence-corrected chi connectivity index (χ1v) is 7.11. The quantitative estimate of drug-likeness (QED) is 0.615. The average molecular weight is 239 g/mol. The van der Waals surface area contributed by atoms with Gasteiger partial charge in [-0.2, -0.15) is 0 Å². The first kappa shape index (κ1) is 11.5. The molecule has 0 aliphatic carbocycles. The van der Waals surface area contributed by atoms with Crippen LogP contribution in [0.3, 0.4) is 0 Å². The average Bonchev–Trinajstić information content (AvgIpc) is 2.38. The van der Waals surface area contributed by atoms with Crippen molar-refractivity contribution >= 4 is 16.4 Å². The Morgan fingerprint density at radius 2 is 2.12 bits per heavy atom. The van der Waals surface area contributed by atoms with Crippen LogP contribution in [-0.4, -0.2) is 17.6 Å². The number of thiol groups is 1. The van der Waals surface area contributed by atoms with Gasteiger partial charge in [0, 0.05) is 6.54 Å². The zero-order valence-electron chi connectivity index (χ0n) is 9.19. The fourth-order valence-electron chi connectivity index (χ4n) is 1.64. The largest absolute Gasteiger partial charge is 0.453 e. The van der Waals surface area contributed by atoms with Crippen LogP contribution in [0.4, 0.5) is 4.79 Å². The van der Waals surface area contributed by atoms with Crippen LogP contribution < -0.4 is 4.72 Å². The molecule has 0 spiro atoms. The predicted octanol–water partition coefficient (Wildman–Crippen LogP) is 2.62. The summed E-state index contributed by atoms with van der Waals surface area (Å²) >= 11 is -0.740. The summed E-state index contributed by atoms with van der Waals surface area (Å²) in [5.74, 6) is 0.961. The molecule has 1 aliphatic rings. The Hall–Kier alpha value is -1.00. The molecular weight excluding hydrogens is 222 g/mol. The van der Waals surface area contributed by atoms with E-state index in [9.17, 15) is 4.79 Å². The minimum atomic E-state index is -0.740. The second-order valence-electron chi connectivity index (χ2n) is 3.81. The molecule has 0 bridgehead atoms. The van der Waals surface area contributed by atoms with Crippen LogP contribution in [0.5, 0.6) is 0 Å². The Labute approximate surface area is 98.7 Å². The number of ether oxygens (including phenoxy) is 1. The number of rotatable bonds is 2. The highest BCUT2D eigenvalue weighted by Gasteiger charge is 2.17. The van der Waals surface area contributed by atoms with Gasteiger partial charge >= 0.3 is 5.30 Å². The normalized spacial score (nSPS) is 22.6. The lowest BCUT2D eigenvalue weighted by molar-refractivity contribution is 0.168. The highest BCUT2D eigenvalue weighted by Crippen LogP contribution is 2.28. The molecule has 0 aromatic heterocycles. The summed E-state index contributed by atoms with van der Waals surface area (Å²) in [6.45, 7) is 1.34. The number of hydrogen-bond donors (Lipinski definition) is 2. The lowest BCUT2D eigenvalue weighted by atomic mass is 10.2. The van der Waals surface area contributed by atoms with E-state index in [1.807, 2.05) is 30.3 Å². The third-order valence-electron chi connectivity index (χ3n) is 2.54. The number of hydrogen-bond acceptors (Lipinski definition) is 3. The molecule has 0 saturated carbocycles. The molecule has 1 aromatic rings. The van der Waals surface area contributed by atoms with E-state index in [0.29, 0.717) is 6.61 Å². The standard InChI is InChI=1S/C12H17NO2S/c14-12(16-9-5-4-8-13-16)15-10-11-6-2-1-3-7-11/h1-3,6-7,13,16H,4-5,8-10H2. The van der Waals surface area contributed by atoms with E-state index in [2.05, 4.69) is 4.72 Å². The Morgan fingerprint density at radius 3 is 2.81 bits per heavy atom. The fourth-order valence-corrected chi connectivity index (χ4v) is 3.30. The summed E-state index contributed by atoms with van der Waals surface area (Å²) in [4.78, 5) is 11.7. The molecule has 0 amide bonds. The second kappa shape index (κ2) is 5.92. The summed E-state index contributed by atoms with van der Waals surface area (Å²) in [6.07, 6.45) is 2.31. The summed E-state index contributed by atoms with van der Waals surface area (Å²) in [6, 6.07) is 9.79. The molecule has 1 atom stereocenters. The van der Waals surface area contributed by atoms with E-state index < -0.39 is 11.1 Å². The highest BCUT2D eigenvalue weighted by molar-refractivity contribution is 8.27. The Balaban J connectivity index is 1.79. The van der Waals surface area contributed by atoms with E-state index in [1.54, 1.807) is 0 Å². The van der Waals surface area contributed by atoms with Crippen molar-refractivity contribution < 1.29 is 9.53 Å². The van der Waals surface area contributed by atoms with E-state index in [-0.39, 0.29) is 5.30 Å². The number of carbonyl (C=O) groups excluding carboxylic acids is 1. The van der Waals surface area contributed by atoms with Crippen LogP contribution in [-0.2, 0) is 11.3 Å². The number of benzene rings is 1. The molecule has 1 saturated heterocycles. The molecule has 16 heavy (non-hydrogen) atoms. The SMILES string of the molecule is O=C(OCc1ccccc1)[SH]1CCCCN1. The minimum Gasteiger partial charge on any atom is -0.453 e. The topological polar surface area (TPSA) is 38.3 Å². The maximum Gasteiger partial charge on any atom is 0.359 e. The van der Waals surface area contributed by atoms with Crippen LogP contribution in [0.25, 0.3) is 0 Å². The van der Waals surface area contributed by atoms with Gasteiger partial charge in [-0.25, -0.2) is 4.79 Å². The molecule has 1 heterocycles. The van der Waals surface area contributed by atoms with Crippen LogP contribution in [0.2, 0.25) is 0 Å². The molecule has 88 valence electrons. The van der Waals surface area contributed by atoms with Crippen LogP contribution in [0, 0.1) is 0 Å². The third kappa shape index (κ3) is 3.25. The minimum absolute atomic E-state index is 0.0569. The van der Waals surface area contributed by atoms with Crippen molar-refractivity contribution in [3.8, 4) is 0 Å². The molecule has 0 radical (unpaired) electrons. The van der Waals surface area contributed by atoms with Gasteiger partial charge in [-0.15, -0.1) is 11.1 Å². The van der Waals surface area contributed by atoms with Crippen LogP contribution in [0.15, 0.2) is 30.3 Å². The zero-order chi connectivity index (χ0) is 11.2. The predicted molar refractivity (Wildman–Crippen MR) is 67.7 cm³/mol. The molecule has 1 unspecified atom stereocenters. The summed E-state index contributed by atoms with van der Waals surface area (Å²) in [7, 11) is 0. The molecule has 1 fully saturated rings. The van der Waals surface area contributed by atoms with Gasteiger partial charge < -0.3 is 4.74 Å². The second-order valence-corrected chi connectivity index (χ2v) is 5.79. The summed E-state index contributed by atoms with van der Waals surface area (Å²) < 4.78 is 8.54. The highest BCUT2D eigenvalue weighted by atomic mass is 32.2. The number of nitrogens with one attached hydrogen (secondary N) is 1. The summed E-state index contributed by atoms with van der Waals surface area (Å²) in [5.41, 5.74) is 1.04. The van der Waals surface area contributed by atoms with E-state index >= 15 is 0 Å². The van der Waals surface area contributed by atoms with Crippen molar-refractivity contribution in [3.63, 3.8) is 0 Å². The van der Waals surface area contributed by atoms with E-state index in [4.69, 9.17) is 4.74 Å². The first-order valence-electron chi connectivity index (χ1n) is 5.58. The molecule has 2 rings (SSSR count). The van der Waals surface area contributed by atoms with Crippen molar-refractivity contribution in [1.29, 1.82) is 0 Å². The molecule has 3 nitrogen and oxygen atoms in total. The molecular formula is C12H17NO2S. The fraction of sp³-hybridized carbons (Fsp3) is 0.417. The Bertz CT molecular complexity index is 336. The lowest BCUT2D eigenvalue weighted by Crippen LogP contribution is -2.25. The van der Waals surface area contributed by atoms with Crippen LogP contribution in [0.1, 0.15) is 18.4 Å². The van der Waals surface area contributed by atoms with Gasteiger partial charge in [-0.1, -0.05) is 30.3 Å². The van der Waals surface area contributed by atoms with Crippen molar-refractivity contribution in [1.82, 2.24) is 4.72 Å². The van der Waals surface area contributed by atoms with Crippen LogP contribution >= 0.6 is 11.1 Å². The van der Waals surface area contributed by atoms with Crippen molar-refractivity contribution in [2.45, 2.75) is 19.4 Å². The van der Waals surface area contributed by atoms with Crippen molar-refractivity contribution in [2.24, 2.45) is 0 Å². The summed E-state index contributed by atoms with van der Waals surface area (Å²) in [5, 5.41) is -0.0569. The van der Waals surface area contributed by atoms with Gasteiger partial charge in [0.2, 0.25) is 0 Å². The third-order valence-corrected chi connectivity index (χ3v) is 4.48. The first-order chi connectivity index (χ1) is 7.86. The van der Waals surface area contributed by atoms with Gasteiger partial charge in [0.1, 0.15) is 6.61 Å². The maximum absolute atomic E-state index is 11.7. The number of carbonyl (C=O) groups is 1.